The molecule has 96 valence electrons. The van der Waals surface area contributed by atoms with Gasteiger partial charge in [-0.1, -0.05) is 18.2 Å². The molecule has 0 atom stereocenters. The Morgan fingerprint density at radius 3 is 2.68 bits per heavy atom. The standard InChI is InChI=1S/C15H14FN3/c1-10-4-3-5-11(2)14(10)18-13-8-12(16)9-19-7-6-17-15(13)19/h3-9,18H,1-2H3. The molecular formula is C15H14FN3. The summed E-state index contributed by atoms with van der Waals surface area (Å²) in [4.78, 5) is 4.25. The number of fused-ring (bicyclic) bond motifs is 1. The molecule has 0 aliphatic carbocycles. The largest absolute Gasteiger partial charge is 0.352 e. The Labute approximate surface area is 110 Å². The molecule has 1 aromatic carbocycles. The van der Waals surface area contributed by atoms with Crippen molar-refractivity contribution in [2.75, 3.05) is 5.32 Å². The second kappa shape index (κ2) is 4.39. The summed E-state index contributed by atoms with van der Waals surface area (Å²) in [6, 6.07) is 7.52. The summed E-state index contributed by atoms with van der Waals surface area (Å²) in [6.45, 7) is 4.05. The molecule has 0 spiro atoms. The van der Waals surface area contributed by atoms with Crippen molar-refractivity contribution in [3.8, 4) is 0 Å². The first-order valence-corrected chi connectivity index (χ1v) is 6.10. The van der Waals surface area contributed by atoms with Crippen molar-refractivity contribution in [2.45, 2.75) is 13.8 Å². The lowest BCUT2D eigenvalue weighted by atomic mass is 10.1. The number of aromatic nitrogens is 2. The topological polar surface area (TPSA) is 29.3 Å². The van der Waals surface area contributed by atoms with Crippen molar-refractivity contribution in [1.82, 2.24) is 9.38 Å². The fourth-order valence-corrected chi connectivity index (χ4v) is 2.24. The number of halogens is 1. The van der Waals surface area contributed by atoms with Crippen LogP contribution in [0.4, 0.5) is 15.8 Å². The summed E-state index contributed by atoms with van der Waals surface area (Å²) in [5.74, 6) is -0.292. The summed E-state index contributed by atoms with van der Waals surface area (Å²) in [5, 5.41) is 3.29. The van der Waals surface area contributed by atoms with E-state index in [1.165, 1.54) is 12.3 Å². The van der Waals surface area contributed by atoms with Crippen LogP contribution in [-0.2, 0) is 0 Å². The number of hydrogen-bond acceptors (Lipinski definition) is 2. The van der Waals surface area contributed by atoms with E-state index in [-0.39, 0.29) is 5.82 Å². The van der Waals surface area contributed by atoms with Gasteiger partial charge in [-0.25, -0.2) is 9.37 Å². The van der Waals surface area contributed by atoms with Crippen molar-refractivity contribution in [3.63, 3.8) is 0 Å². The number of benzene rings is 1. The van der Waals surface area contributed by atoms with Gasteiger partial charge in [0.15, 0.2) is 5.65 Å². The van der Waals surface area contributed by atoms with Gasteiger partial charge >= 0.3 is 0 Å². The van der Waals surface area contributed by atoms with E-state index >= 15 is 0 Å². The van der Waals surface area contributed by atoms with Crippen LogP contribution in [0.25, 0.3) is 5.65 Å². The van der Waals surface area contributed by atoms with Gasteiger partial charge in [-0.2, -0.15) is 0 Å². The van der Waals surface area contributed by atoms with Crippen LogP contribution < -0.4 is 5.32 Å². The molecule has 4 heteroatoms. The summed E-state index contributed by atoms with van der Waals surface area (Å²) in [5.41, 5.74) is 4.62. The summed E-state index contributed by atoms with van der Waals surface area (Å²) < 4.78 is 15.3. The van der Waals surface area contributed by atoms with Gasteiger partial charge in [0.2, 0.25) is 0 Å². The second-order valence-electron chi connectivity index (χ2n) is 4.62. The fraction of sp³-hybridized carbons (Fsp3) is 0.133. The minimum absolute atomic E-state index is 0.292. The first-order chi connectivity index (χ1) is 9.15. The summed E-state index contributed by atoms with van der Waals surface area (Å²) in [7, 11) is 0. The Balaban J connectivity index is 2.13. The molecule has 0 amide bonds. The third kappa shape index (κ3) is 2.05. The number of hydrogen-bond donors (Lipinski definition) is 1. The molecule has 0 unspecified atom stereocenters. The van der Waals surface area contributed by atoms with Gasteiger partial charge in [-0.05, 0) is 25.0 Å². The third-order valence-electron chi connectivity index (χ3n) is 3.19. The SMILES string of the molecule is Cc1cccc(C)c1Nc1cc(F)cn2ccnc12. The van der Waals surface area contributed by atoms with Crippen molar-refractivity contribution < 1.29 is 4.39 Å². The van der Waals surface area contributed by atoms with Crippen LogP contribution in [0.5, 0.6) is 0 Å². The van der Waals surface area contributed by atoms with E-state index in [0.29, 0.717) is 11.3 Å². The lowest BCUT2D eigenvalue weighted by Crippen LogP contribution is -1.99. The van der Waals surface area contributed by atoms with E-state index in [1.54, 1.807) is 16.8 Å². The van der Waals surface area contributed by atoms with E-state index in [4.69, 9.17) is 0 Å². The lowest BCUT2D eigenvalue weighted by Gasteiger charge is -2.13. The van der Waals surface area contributed by atoms with Crippen molar-refractivity contribution in [3.05, 3.63) is 59.8 Å². The quantitative estimate of drug-likeness (QED) is 0.754. The van der Waals surface area contributed by atoms with E-state index in [9.17, 15) is 4.39 Å². The molecular weight excluding hydrogens is 241 g/mol. The molecule has 0 saturated carbocycles. The van der Waals surface area contributed by atoms with E-state index in [0.717, 1.165) is 16.8 Å². The maximum atomic E-state index is 13.6. The number of nitrogens with one attached hydrogen (secondary N) is 1. The number of rotatable bonds is 2. The highest BCUT2D eigenvalue weighted by molar-refractivity contribution is 5.76. The monoisotopic (exact) mass is 255 g/mol. The molecule has 0 saturated heterocycles. The number of pyridine rings is 1. The Morgan fingerprint density at radius 1 is 1.21 bits per heavy atom. The molecule has 19 heavy (non-hydrogen) atoms. The zero-order valence-electron chi connectivity index (χ0n) is 10.8. The van der Waals surface area contributed by atoms with Gasteiger partial charge in [-0.3, -0.25) is 0 Å². The molecule has 3 rings (SSSR count). The predicted octanol–water partition coefficient (Wildman–Crippen LogP) is 3.83. The van der Waals surface area contributed by atoms with E-state index in [1.807, 2.05) is 32.0 Å². The zero-order chi connectivity index (χ0) is 13.4. The molecule has 1 N–H and O–H groups in total. The van der Waals surface area contributed by atoms with Crippen LogP contribution in [-0.4, -0.2) is 9.38 Å². The maximum Gasteiger partial charge on any atom is 0.160 e. The van der Waals surface area contributed by atoms with Crippen LogP contribution in [0.15, 0.2) is 42.9 Å². The van der Waals surface area contributed by atoms with Gasteiger partial charge in [-0.15, -0.1) is 0 Å². The van der Waals surface area contributed by atoms with Gasteiger partial charge in [0.1, 0.15) is 5.82 Å². The molecule has 0 aliphatic heterocycles. The van der Waals surface area contributed by atoms with Gasteiger partial charge in [0, 0.05) is 30.3 Å². The molecule has 2 aromatic heterocycles. The molecule has 3 nitrogen and oxygen atoms in total. The average molecular weight is 255 g/mol. The Hall–Kier alpha value is -2.36. The van der Waals surface area contributed by atoms with Crippen molar-refractivity contribution in [2.24, 2.45) is 0 Å². The molecule has 3 aromatic rings. The summed E-state index contributed by atoms with van der Waals surface area (Å²) >= 11 is 0. The molecule has 0 bridgehead atoms. The highest BCUT2D eigenvalue weighted by Gasteiger charge is 2.08. The predicted molar refractivity (Wildman–Crippen MR) is 74.3 cm³/mol. The molecule has 0 fully saturated rings. The first kappa shape index (κ1) is 11.7. The van der Waals surface area contributed by atoms with Crippen LogP contribution in [0, 0.1) is 19.7 Å². The number of imidazole rings is 1. The molecule has 0 aliphatic rings. The number of anilines is 2. The van der Waals surface area contributed by atoms with Crippen molar-refractivity contribution >= 4 is 17.0 Å². The highest BCUT2D eigenvalue weighted by atomic mass is 19.1. The molecule has 2 heterocycles. The van der Waals surface area contributed by atoms with Gasteiger partial charge < -0.3 is 9.72 Å². The van der Waals surface area contributed by atoms with Crippen LogP contribution in [0.3, 0.4) is 0 Å². The Kier molecular flexibility index (Phi) is 2.71. The van der Waals surface area contributed by atoms with E-state index < -0.39 is 0 Å². The van der Waals surface area contributed by atoms with Gasteiger partial charge in [0.05, 0.1) is 5.69 Å². The smallest absolute Gasteiger partial charge is 0.160 e. The number of nitrogens with zero attached hydrogens (tertiary/aromatic N) is 2. The zero-order valence-corrected chi connectivity index (χ0v) is 10.8. The fourth-order valence-electron chi connectivity index (χ4n) is 2.24. The molecule has 0 radical (unpaired) electrons. The van der Waals surface area contributed by atoms with Crippen LogP contribution >= 0.6 is 0 Å². The Bertz CT molecular complexity index is 726. The van der Waals surface area contributed by atoms with Crippen molar-refractivity contribution in [1.29, 1.82) is 0 Å². The summed E-state index contributed by atoms with van der Waals surface area (Å²) in [6.07, 6.45) is 4.80. The van der Waals surface area contributed by atoms with Crippen LogP contribution in [0.1, 0.15) is 11.1 Å². The Morgan fingerprint density at radius 2 is 1.95 bits per heavy atom. The second-order valence-corrected chi connectivity index (χ2v) is 4.62. The van der Waals surface area contributed by atoms with E-state index in [2.05, 4.69) is 10.3 Å². The minimum Gasteiger partial charge on any atom is -0.352 e. The average Bonchev–Trinajstić information content (AvgIpc) is 2.81. The first-order valence-electron chi connectivity index (χ1n) is 6.10. The third-order valence-corrected chi connectivity index (χ3v) is 3.19. The van der Waals surface area contributed by atoms with Gasteiger partial charge in [0.25, 0.3) is 0 Å². The lowest BCUT2D eigenvalue weighted by molar-refractivity contribution is 0.620. The normalized spacial score (nSPS) is 10.9. The highest BCUT2D eigenvalue weighted by Crippen LogP contribution is 2.27. The number of para-hydroxylation sites is 1. The maximum absolute atomic E-state index is 13.6. The minimum atomic E-state index is -0.292. The van der Waals surface area contributed by atoms with Crippen LogP contribution in [0.2, 0.25) is 0 Å². The number of aryl methyl sites for hydroxylation is 2.